The first-order valence-corrected chi connectivity index (χ1v) is 4.19. The van der Waals surface area contributed by atoms with E-state index in [9.17, 15) is 4.57 Å². The molecular formula is C4H7O2P. The van der Waals surface area contributed by atoms with Crippen LogP contribution >= 0.6 is 7.37 Å². The van der Waals surface area contributed by atoms with Crippen LogP contribution in [0.3, 0.4) is 0 Å². The standard InChI is InChI=1S/C4H7O2P/c5-7(6)3-1-2-4-7/h1-2H,3-4H2,(H,5,6). The minimum Gasteiger partial charge on any atom is -0.344 e. The van der Waals surface area contributed by atoms with Crippen molar-refractivity contribution in [2.75, 3.05) is 12.3 Å². The summed E-state index contributed by atoms with van der Waals surface area (Å²) in [5.41, 5.74) is 0. The van der Waals surface area contributed by atoms with E-state index in [2.05, 4.69) is 0 Å². The fourth-order valence-electron chi connectivity index (χ4n) is 0.553. The van der Waals surface area contributed by atoms with Crippen LogP contribution in [0.15, 0.2) is 12.2 Å². The second-order valence-electron chi connectivity index (χ2n) is 1.68. The summed E-state index contributed by atoms with van der Waals surface area (Å²) in [4.78, 5) is 8.69. The van der Waals surface area contributed by atoms with Crippen molar-refractivity contribution in [3.63, 3.8) is 0 Å². The van der Waals surface area contributed by atoms with Crippen LogP contribution in [0, 0.1) is 0 Å². The van der Waals surface area contributed by atoms with Crippen molar-refractivity contribution in [2.24, 2.45) is 0 Å². The van der Waals surface area contributed by atoms with Gasteiger partial charge in [0, 0.05) is 12.3 Å². The SMILES string of the molecule is O=P1(O)CC=CC1. The number of hydrogen-bond donors (Lipinski definition) is 1. The minimum atomic E-state index is -2.65. The van der Waals surface area contributed by atoms with Gasteiger partial charge in [-0.15, -0.1) is 0 Å². The quantitative estimate of drug-likeness (QED) is 0.377. The van der Waals surface area contributed by atoms with E-state index in [-0.39, 0.29) is 0 Å². The Morgan fingerprint density at radius 2 is 1.86 bits per heavy atom. The lowest BCUT2D eigenvalue weighted by Crippen LogP contribution is -1.78. The van der Waals surface area contributed by atoms with Gasteiger partial charge < -0.3 is 4.89 Å². The van der Waals surface area contributed by atoms with Gasteiger partial charge in [-0.2, -0.15) is 0 Å². The maximum absolute atomic E-state index is 10.5. The normalized spacial score (nSPS) is 25.9. The molecule has 1 rings (SSSR count). The molecule has 0 saturated heterocycles. The van der Waals surface area contributed by atoms with Crippen LogP contribution in [0.5, 0.6) is 0 Å². The molecule has 1 aliphatic heterocycles. The topological polar surface area (TPSA) is 37.3 Å². The monoisotopic (exact) mass is 118 g/mol. The predicted octanol–water partition coefficient (Wildman–Crippen LogP) is 0.827. The lowest BCUT2D eigenvalue weighted by atomic mass is 10.6. The van der Waals surface area contributed by atoms with E-state index in [1.165, 1.54) is 0 Å². The lowest BCUT2D eigenvalue weighted by Gasteiger charge is -1.95. The molecule has 0 atom stereocenters. The molecule has 0 fully saturated rings. The molecule has 0 aromatic rings. The van der Waals surface area contributed by atoms with E-state index >= 15 is 0 Å². The molecule has 0 spiro atoms. The van der Waals surface area contributed by atoms with Crippen LogP contribution in [0.4, 0.5) is 0 Å². The fraction of sp³-hybridized carbons (Fsp3) is 0.500. The molecule has 3 heteroatoms. The molecular weight excluding hydrogens is 111 g/mol. The summed E-state index contributed by atoms with van der Waals surface area (Å²) in [5.74, 6) is 0. The molecule has 40 valence electrons. The van der Waals surface area contributed by atoms with Crippen LogP contribution < -0.4 is 0 Å². The average molecular weight is 118 g/mol. The molecule has 0 bridgehead atoms. The van der Waals surface area contributed by atoms with E-state index in [1.807, 2.05) is 0 Å². The third-order valence-electron chi connectivity index (χ3n) is 0.948. The summed E-state index contributed by atoms with van der Waals surface area (Å²) in [6, 6.07) is 0. The van der Waals surface area contributed by atoms with Crippen molar-refractivity contribution in [2.45, 2.75) is 0 Å². The van der Waals surface area contributed by atoms with Gasteiger partial charge in [0.1, 0.15) is 0 Å². The second-order valence-corrected chi connectivity index (χ2v) is 4.11. The van der Waals surface area contributed by atoms with Gasteiger partial charge in [0.05, 0.1) is 0 Å². The van der Waals surface area contributed by atoms with Gasteiger partial charge in [0.15, 0.2) is 0 Å². The zero-order chi connectivity index (χ0) is 5.33. The molecule has 1 aliphatic rings. The highest BCUT2D eigenvalue weighted by atomic mass is 31.2. The zero-order valence-electron chi connectivity index (χ0n) is 3.87. The van der Waals surface area contributed by atoms with Crippen LogP contribution in [0.2, 0.25) is 0 Å². The van der Waals surface area contributed by atoms with E-state index in [0.29, 0.717) is 12.3 Å². The highest BCUT2D eigenvalue weighted by Gasteiger charge is 2.17. The Morgan fingerprint density at radius 1 is 1.43 bits per heavy atom. The Balaban J connectivity index is 2.67. The van der Waals surface area contributed by atoms with Crippen molar-refractivity contribution in [1.82, 2.24) is 0 Å². The first-order valence-electron chi connectivity index (χ1n) is 2.16. The Kier molecular flexibility index (Phi) is 1.06. The maximum atomic E-state index is 10.5. The van der Waals surface area contributed by atoms with Crippen molar-refractivity contribution < 1.29 is 9.46 Å². The summed E-state index contributed by atoms with van der Waals surface area (Å²) in [6.45, 7) is 0. The molecule has 0 saturated carbocycles. The number of rotatable bonds is 0. The summed E-state index contributed by atoms with van der Waals surface area (Å²) >= 11 is 0. The first-order chi connectivity index (χ1) is 3.21. The van der Waals surface area contributed by atoms with E-state index in [1.54, 1.807) is 12.2 Å². The highest BCUT2D eigenvalue weighted by Crippen LogP contribution is 2.43. The molecule has 0 amide bonds. The molecule has 0 radical (unpaired) electrons. The van der Waals surface area contributed by atoms with Gasteiger partial charge >= 0.3 is 0 Å². The van der Waals surface area contributed by atoms with Gasteiger partial charge in [-0.3, -0.25) is 4.57 Å². The molecule has 2 nitrogen and oxygen atoms in total. The molecule has 1 heterocycles. The Morgan fingerprint density at radius 3 is 2.00 bits per heavy atom. The largest absolute Gasteiger partial charge is 0.344 e. The second kappa shape index (κ2) is 1.46. The van der Waals surface area contributed by atoms with Crippen molar-refractivity contribution in [1.29, 1.82) is 0 Å². The van der Waals surface area contributed by atoms with Crippen molar-refractivity contribution >= 4 is 7.37 Å². The maximum Gasteiger partial charge on any atom is 0.207 e. The van der Waals surface area contributed by atoms with Crippen LogP contribution in [0.25, 0.3) is 0 Å². The van der Waals surface area contributed by atoms with Gasteiger partial charge in [0.2, 0.25) is 7.37 Å². The number of hydrogen-bond acceptors (Lipinski definition) is 1. The lowest BCUT2D eigenvalue weighted by molar-refractivity contribution is 0.486. The van der Waals surface area contributed by atoms with Crippen molar-refractivity contribution in [3.05, 3.63) is 12.2 Å². The highest BCUT2D eigenvalue weighted by molar-refractivity contribution is 7.58. The Bertz CT molecular complexity index is 127. The van der Waals surface area contributed by atoms with Gasteiger partial charge in [-0.1, -0.05) is 12.2 Å². The third-order valence-corrected chi connectivity index (χ3v) is 2.51. The number of allylic oxidation sites excluding steroid dienone is 2. The first kappa shape index (κ1) is 5.07. The molecule has 0 unspecified atom stereocenters. The summed E-state index contributed by atoms with van der Waals surface area (Å²) in [5, 5.41) is 0. The molecule has 7 heavy (non-hydrogen) atoms. The average Bonchev–Trinajstić information content (AvgIpc) is 1.84. The van der Waals surface area contributed by atoms with Crippen LogP contribution in [-0.4, -0.2) is 17.2 Å². The molecule has 0 aromatic heterocycles. The van der Waals surface area contributed by atoms with E-state index in [4.69, 9.17) is 4.89 Å². The molecule has 0 aromatic carbocycles. The zero-order valence-corrected chi connectivity index (χ0v) is 4.77. The minimum absolute atomic E-state index is 0.382. The molecule has 0 aliphatic carbocycles. The third kappa shape index (κ3) is 1.15. The summed E-state index contributed by atoms with van der Waals surface area (Å²) < 4.78 is 10.5. The van der Waals surface area contributed by atoms with E-state index in [0.717, 1.165) is 0 Å². The molecule has 1 N–H and O–H groups in total. The Hall–Kier alpha value is -0.0700. The van der Waals surface area contributed by atoms with Gasteiger partial charge in [-0.25, -0.2) is 0 Å². The van der Waals surface area contributed by atoms with Crippen LogP contribution in [0.1, 0.15) is 0 Å². The van der Waals surface area contributed by atoms with Crippen molar-refractivity contribution in [3.8, 4) is 0 Å². The van der Waals surface area contributed by atoms with Gasteiger partial charge in [-0.05, 0) is 0 Å². The smallest absolute Gasteiger partial charge is 0.207 e. The summed E-state index contributed by atoms with van der Waals surface area (Å²) in [7, 11) is -2.65. The van der Waals surface area contributed by atoms with E-state index < -0.39 is 7.37 Å². The van der Waals surface area contributed by atoms with Gasteiger partial charge in [0.25, 0.3) is 0 Å². The predicted molar refractivity (Wildman–Crippen MR) is 28.7 cm³/mol. The Labute approximate surface area is 42.3 Å². The fourth-order valence-corrected chi connectivity index (χ4v) is 1.66. The van der Waals surface area contributed by atoms with Crippen LogP contribution in [-0.2, 0) is 4.57 Å². The summed E-state index contributed by atoms with van der Waals surface area (Å²) in [6.07, 6.45) is 4.27.